The second-order valence-electron chi connectivity index (χ2n) is 7.50. The minimum absolute atomic E-state index is 0.0962. The number of amides is 2. The van der Waals surface area contributed by atoms with Gasteiger partial charge in [0.1, 0.15) is 11.5 Å². The van der Waals surface area contributed by atoms with Crippen molar-refractivity contribution in [2.24, 2.45) is 0 Å². The molecule has 1 N–H and O–H groups in total. The fourth-order valence-electron chi connectivity index (χ4n) is 3.53. The molecule has 2 heterocycles. The van der Waals surface area contributed by atoms with Gasteiger partial charge in [-0.05, 0) is 66.8 Å². The van der Waals surface area contributed by atoms with Gasteiger partial charge in [0.25, 0.3) is 11.8 Å². The van der Waals surface area contributed by atoms with Gasteiger partial charge in [-0.15, -0.1) is 0 Å². The standard InChI is InChI=1S/C25H24N2O3/c1-4-18-8-11-20(12-9-18)26-23-22(19-10-7-16(2)17(3)14-19)24(28)27(25(23)29)15-21-6-5-13-30-21/h5-14,26H,4,15H2,1-3H3. The number of carbonyl (C=O) groups excluding carboxylic acids is 2. The molecule has 0 aliphatic carbocycles. The molecular formula is C25H24N2O3. The molecule has 2 amide bonds. The van der Waals surface area contributed by atoms with E-state index in [4.69, 9.17) is 4.42 Å². The van der Waals surface area contributed by atoms with E-state index in [1.807, 2.05) is 56.3 Å². The molecule has 0 atom stereocenters. The Bertz CT molecular complexity index is 1130. The van der Waals surface area contributed by atoms with Crippen LogP contribution in [0.2, 0.25) is 0 Å². The molecule has 0 radical (unpaired) electrons. The number of rotatable bonds is 6. The Balaban J connectivity index is 1.75. The van der Waals surface area contributed by atoms with Crippen LogP contribution in [0.1, 0.15) is 34.9 Å². The summed E-state index contributed by atoms with van der Waals surface area (Å²) in [6, 6.07) is 17.2. The van der Waals surface area contributed by atoms with Crippen LogP contribution >= 0.6 is 0 Å². The third-order valence-electron chi connectivity index (χ3n) is 5.49. The highest BCUT2D eigenvalue weighted by molar-refractivity contribution is 6.36. The second kappa shape index (κ2) is 8.03. The van der Waals surface area contributed by atoms with Gasteiger partial charge in [-0.3, -0.25) is 14.5 Å². The van der Waals surface area contributed by atoms with Crippen LogP contribution in [0.4, 0.5) is 5.69 Å². The van der Waals surface area contributed by atoms with Crippen LogP contribution in [0.5, 0.6) is 0 Å². The van der Waals surface area contributed by atoms with Crippen molar-refractivity contribution in [1.29, 1.82) is 0 Å². The zero-order chi connectivity index (χ0) is 21.3. The summed E-state index contributed by atoms with van der Waals surface area (Å²) >= 11 is 0. The lowest BCUT2D eigenvalue weighted by Crippen LogP contribution is -2.31. The lowest BCUT2D eigenvalue weighted by atomic mass is 9.99. The van der Waals surface area contributed by atoms with Crippen LogP contribution in [-0.2, 0) is 22.6 Å². The van der Waals surface area contributed by atoms with Gasteiger partial charge in [-0.1, -0.05) is 37.3 Å². The first-order chi connectivity index (χ1) is 14.5. The number of nitrogens with one attached hydrogen (secondary N) is 1. The summed E-state index contributed by atoms with van der Waals surface area (Å²) in [4.78, 5) is 27.8. The van der Waals surface area contributed by atoms with E-state index in [2.05, 4.69) is 12.2 Å². The number of benzene rings is 2. The van der Waals surface area contributed by atoms with Crippen LogP contribution in [-0.4, -0.2) is 16.7 Å². The zero-order valence-corrected chi connectivity index (χ0v) is 17.4. The van der Waals surface area contributed by atoms with Crippen molar-refractivity contribution in [3.63, 3.8) is 0 Å². The highest BCUT2D eigenvalue weighted by Gasteiger charge is 2.39. The molecule has 0 fully saturated rings. The molecule has 0 bridgehead atoms. The molecule has 0 spiro atoms. The molecule has 0 saturated heterocycles. The Labute approximate surface area is 176 Å². The smallest absolute Gasteiger partial charge is 0.278 e. The summed E-state index contributed by atoms with van der Waals surface area (Å²) in [5.41, 5.74) is 5.57. The van der Waals surface area contributed by atoms with Gasteiger partial charge >= 0.3 is 0 Å². The van der Waals surface area contributed by atoms with Crippen molar-refractivity contribution in [3.8, 4) is 0 Å². The van der Waals surface area contributed by atoms with E-state index in [0.29, 0.717) is 17.0 Å². The predicted molar refractivity (Wildman–Crippen MR) is 117 cm³/mol. The molecule has 3 aromatic rings. The third kappa shape index (κ3) is 3.66. The maximum absolute atomic E-state index is 13.3. The SMILES string of the molecule is CCc1ccc(NC2=C(c3ccc(C)c(C)c3)C(=O)N(Cc3ccco3)C2=O)cc1. The molecule has 0 saturated carbocycles. The molecular weight excluding hydrogens is 376 g/mol. The Hall–Kier alpha value is -3.60. The van der Waals surface area contributed by atoms with E-state index < -0.39 is 0 Å². The summed E-state index contributed by atoms with van der Waals surface area (Å²) in [7, 11) is 0. The number of anilines is 1. The molecule has 1 aliphatic heterocycles. The van der Waals surface area contributed by atoms with Gasteiger partial charge in [0.05, 0.1) is 18.4 Å². The summed E-state index contributed by atoms with van der Waals surface area (Å²) < 4.78 is 5.36. The van der Waals surface area contributed by atoms with E-state index >= 15 is 0 Å². The molecule has 5 nitrogen and oxygen atoms in total. The van der Waals surface area contributed by atoms with Gasteiger partial charge in [0, 0.05) is 5.69 Å². The number of hydrogen-bond acceptors (Lipinski definition) is 4. The zero-order valence-electron chi connectivity index (χ0n) is 17.4. The summed E-state index contributed by atoms with van der Waals surface area (Å²) in [6.07, 6.45) is 2.47. The molecule has 4 rings (SSSR count). The normalized spacial score (nSPS) is 14.0. The molecule has 30 heavy (non-hydrogen) atoms. The quantitative estimate of drug-likeness (QED) is 0.601. The van der Waals surface area contributed by atoms with Crippen LogP contribution in [0.25, 0.3) is 5.57 Å². The minimum Gasteiger partial charge on any atom is -0.467 e. The van der Waals surface area contributed by atoms with E-state index in [-0.39, 0.29) is 18.4 Å². The second-order valence-corrected chi connectivity index (χ2v) is 7.50. The number of imide groups is 1. The Kier molecular flexibility index (Phi) is 5.27. The molecule has 1 aliphatic rings. The highest BCUT2D eigenvalue weighted by atomic mass is 16.3. The highest BCUT2D eigenvalue weighted by Crippen LogP contribution is 2.32. The number of carbonyl (C=O) groups is 2. The molecule has 5 heteroatoms. The monoisotopic (exact) mass is 400 g/mol. The van der Waals surface area contributed by atoms with E-state index in [1.54, 1.807) is 12.1 Å². The van der Waals surface area contributed by atoms with Gasteiger partial charge in [-0.25, -0.2) is 0 Å². The van der Waals surface area contributed by atoms with Crippen molar-refractivity contribution in [3.05, 3.63) is 94.6 Å². The molecule has 1 aromatic heterocycles. The van der Waals surface area contributed by atoms with Crippen molar-refractivity contribution in [2.75, 3.05) is 5.32 Å². The fraction of sp³-hybridized carbons (Fsp3) is 0.200. The van der Waals surface area contributed by atoms with E-state index in [9.17, 15) is 9.59 Å². The molecule has 0 unspecified atom stereocenters. The summed E-state index contributed by atoms with van der Waals surface area (Å²) in [5, 5.41) is 3.20. The van der Waals surface area contributed by atoms with Crippen molar-refractivity contribution in [1.82, 2.24) is 4.90 Å². The number of furan rings is 1. The van der Waals surface area contributed by atoms with E-state index in [0.717, 1.165) is 28.8 Å². The average molecular weight is 400 g/mol. The topological polar surface area (TPSA) is 62.6 Å². The number of nitrogens with zero attached hydrogens (tertiary/aromatic N) is 1. The van der Waals surface area contributed by atoms with E-state index in [1.165, 1.54) is 16.7 Å². The first-order valence-electron chi connectivity index (χ1n) is 10.0. The maximum Gasteiger partial charge on any atom is 0.278 e. The van der Waals surface area contributed by atoms with Crippen LogP contribution in [0.15, 0.2) is 71.0 Å². The summed E-state index contributed by atoms with van der Waals surface area (Å²) in [6.45, 7) is 6.21. The molecule has 152 valence electrons. The van der Waals surface area contributed by atoms with Gasteiger partial charge < -0.3 is 9.73 Å². The van der Waals surface area contributed by atoms with Gasteiger partial charge in [0.15, 0.2) is 0 Å². The maximum atomic E-state index is 13.3. The number of hydrogen-bond donors (Lipinski definition) is 1. The summed E-state index contributed by atoms with van der Waals surface area (Å²) in [5.74, 6) is -0.124. The van der Waals surface area contributed by atoms with Crippen molar-refractivity contribution >= 4 is 23.1 Å². The van der Waals surface area contributed by atoms with Crippen LogP contribution in [0.3, 0.4) is 0 Å². The van der Waals surface area contributed by atoms with Crippen LogP contribution < -0.4 is 5.32 Å². The average Bonchev–Trinajstić information content (AvgIpc) is 3.34. The first-order valence-corrected chi connectivity index (χ1v) is 10.0. The minimum atomic E-state index is -0.357. The predicted octanol–water partition coefficient (Wildman–Crippen LogP) is 4.85. The Morgan fingerprint density at radius 3 is 2.33 bits per heavy atom. The number of aryl methyl sites for hydroxylation is 3. The Morgan fingerprint density at radius 1 is 0.933 bits per heavy atom. The van der Waals surface area contributed by atoms with Gasteiger partial charge in [0.2, 0.25) is 0 Å². The Morgan fingerprint density at radius 2 is 1.70 bits per heavy atom. The fourth-order valence-corrected chi connectivity index (χ4v) is 3.53. The van der Waals surface area contributed by atoms with Gasteiger partial charge in [-0.2, -0.15) is 0 Å². The lowest BCUT2D eigenvalue weighted by molar-refractivity contribution is -0.137. The van der Waals surface area contributed by atoms with Crippen molar-refractivity contribution < 1.29 is 14.0 Å². The van der Waals surface area contributed by atoms with Crippen molar-refractivity contribution in [2.45, 2.75) is 33.7 Å². The lowest BCUT2D eigenvalue weighted by Gasteiger charge is -2.13. The van der Waals surface area contributed by atoms with Crippen LogP contribution in [0, 0.1) is 13.8 Å². The first kappa shape index (κ1) is 19.7. The largest absolute Gasteiger partial charge is 0.467 e. The third-order valence-corrected chi connectivity index (χ3v) is 5.49. The molecule has 2 aromatic carbocycles.